The first-order chi connectivity index (χ1) is 30.0. The lowest BCUT2D eigenvalue weighted by molar-refractivity contribution is -0.166. The van der Waals surface area contributed by atoms with Crippen LogP contribution in [0.1, 0.15) is 290 Å². The molecular formula is C55H102O6. The zero-order chi connectivity index (χ0) is 44.4. The molecule has 0 heterocycles. The summed E-state index contributed by atoms with van der Waals surface area (Å²) in [5.41, 5.74) is 0. The van der Waals surface area contributed by atoms with Gasteiger partial charge in [-0.15, -0.1) is 0 Å². The van der Waals surface area contributed by atoms with Crippen molar-refractivity contribution in [3.05, 3.63) is 24.3 Å². The van der Waals surface area contributed by atoms with Crippen LogP contribution in [-0.2, 0) is 28.6 Å². The number of carbonyl (C=O) groups excluding carboxylic acids is 3. The summed E-state index contributed by atoms with van der Waals surface area (Å²) in [5, 5.41) is 0. The largest absolute Gasteiger partial charge is 0.462 e. The van der Waals surface area contributed by atoms with Gasteiger partial charge in [-0.05, 0) is 44.9 Å². The van der Waals surface area contributed by atoms with Gasteiger partial charge in [0.2, 0.25) is 0 Å². The normalized spacial score (nSPS) is 12.1. The van der Waals surface area contributed by atoms with Gasteiger partial charge >= 0.3 is 17.9 Å². The first-order valence-corrected chi connectivity index (χ1v) is 26.8. The second-order valence-corrected chi connectivity index (χ2v) is 18.1. The Balaban J connectivity index is 4.41. The van der Waals surface area contributed by atoms with Gasteiger partial charge in [-0.2, -0.15) is 0 Å². The van der Waals surface area contributed by atoms with Gasteiger partial charge in [0.15, 0.2) is 6.10 Å². The fourth-order valence-corrected chi connectivity index (χ4v) is 7.89. The van der Waals surface area contributed by atoms with Crippen molar-refractivity contribution in [2.75, 3.05) is 13.2 Å². The fraction of sp³-hybridized carbons (Fsp3) is 0.873. The minimum absolute atomic E-state index is 0.0934. The van der Waals surface area contributed by atoms with Gasteiger partial charge in [0.25, 0.3) is 0 Å². The highest BCUT2D eigenvalue weighted by atomic mass is 16.6. The average Bonchev–Trinajstić information content (AvgIpc) is 3.26. The second-order valence-electron chi connectivity index (χ2n) is 18.1. The van der Waals surface area contributed by atoms with Crippen LogP contribution in [-0.4, -0.2) is 37.2 Å². The number of carbonyl (C=O) groups is 3. The second kappa shape index (κ2) is 50.5. The Labute approximate surface area is 379 Å². The third kappa shape index (κ3) is 48.8. The first-order valence-electron chi connectivity index (χ1n) is 26.8. The van der Waals surface area contributed by atoms with Crippen molar-refractivity contribution in [2.45, 2.75) is 297 Å². The summed E-state index contributed by atoms with van der Waals surface area (Å²) in [4.78, 5) is 37.9. The van der Waals surface area contributed by atoms with E-state index in [0.717, 1.165) is 32.1 Å². The van der Waals surface area contributed by atoms with Crippen molar-refractivity contribution in [1.82, 2.24) is 0 Å². The zero-order valence-corrected chi connectivity index (χ0v) is 40.9. The number of rotatable bonds is 49. The lowest BCUT2D eigenvalue weighted by atomic mass is 10.0. The Morgan fingerprint density at radius 3 is 0.918 bits per heavy atom. The molecule has 0 aliphatic heterocycles. The molecule has 0 saturated carbocycles. The molecule has 6 heteroatoms. The van der Waals surface area contributed by atoms with Crippen LogP contribution in [0.2, 0.25) is 0 Å². The molecule has 0 amide bonds. The molecule has 6 nitrogen and oxygen atoms in total. The van der Waals surface area contributed by atoms with Crippen LogP contribution in [0.4, 0.5) is 0 Å². The lowest BCUT2D eigenvalue weighted by Gasteiger charge is -2.18. The molecule has 0 aliphatic carbocycles. The third-order valence-corrected chi connectivity index (χ3v) is 12.0. The monoisotopic (exact) mass is 859 g/mol. The van der Waals surface area contributed by atoms with Gasteiger partial charge in [0.05, 0.1) is 0 Å². The first kappa shape index (κ1) is 58.9. The molecule has 0 saturated heterocycles. The van der Waals surface area contributed by atoms with E-state index in [1.54, 1.807) is 0 Å². The molecule has 0 aromatic rings. The predicted octanol–water partition coefficient (Wildman–Crippen LogP) is 17.5. The molecule has 1 atom stereocenters. The molecule has 1 unspecified atom stereocenters. The maximum Gasteiger partial charge on any atom is 0.306 e. The Hall–Kier alpha value is -2.11. The Morgan fingerprint density at radius 2 is 0.574 bits per heavy atom. The van der Waals surface area contributed by atoms with Crippen LogP contribution >= 0.6 is 0 Å². The van der Waals surface area contributed by atoms with Crippen LogP contribution in [0.3, 0.4) is 0 Å². The molecule has 0 bridgehead atoms. The molecule has 0 aliphatic rings. The number of hydrogen-bond donors (Lipinski definition) is 0. The molecule has 61 heavy (non-hydrogen) atoms. The Kier molecular flexibility index (Phi) is 48.8. The summed E-state index contributed by atoms with van der Waals surface area (Å²) in [6, 6.07) is 0. The maximum atomic E-state index is 12.8. The topological polar surface area (TPSA) is 78.9 Å². The molecule has 0 aromatic heterocycles. The van der Waals surface area contributed by atoms with E-state index in [1.165, 1.54) is 205 Å². The smallest absolute Gasteiger partial charge is 0.306 e. The number of unbranched alkanes of at least 4 members (excludes halogenated alkanes) is 34. The highest BCUT2D eigenvalue weighted by Gasteiger charge is 2.19. The molecule has 0 radical (unpaired) electrons. The summed E-state index contributed by atoms with van der Waals surface area (Å²) in [7, 11) is 0. The average molecular weight is 859 g/mol. The number of esters is 3. The summed E-state index contributed by atoms with van der Waals surface area (Å²) >= 11 is 0. The summed E-state index contributed by atoms with van der Waals surface area (Å²) in [6.07, 6.45) is 57.6. The summed E-state index contributed by atoms with van der Waals surface area (Å²) in [6.45, 7) is 6.61. The van der Waals surface area contributed by atoms with Crippen LogP contribution < -0.4 is 0 Å². The van der Waals surface area contributed by atoms with Crippen molar-refractivity contribution in [1.29, 1.82) is 0 Å². The van der Waals surface area contributed by atoms with Gasteiger partial charge in [-0.3, -0.25) is 14.4 Å². The Bertz CT molecular complexity index is 989. The Morgan fingerprint density at radius 1 is 0.311 bits per heavy atom. The van der Waals surface area contributed by atoms with E-state index in [-0.39, 0.29) is 44.0 Å². The van der Waals surface area contributed by atoms with Gasteiger partial charge in [-0.25, -0.2) is 0 Å². The molecule has 0 N–H and O–H groups in total. The van der Waals surface area contributed by atoms with Crippen molar-refractivity contribution in [2.24, 2.45) is 0 Å². The van der Waals surface area contributed by atoms with Crippen LogP contribution in [0.5, 0.6) is 0 Å². The lowest BCUT2D eigenvalue weighted by Crippen LogP contribution is -2.30. The van der Waals surface area contributed by atoms with Crippen LogP contribution in [0.25, 0.3) is 0 Å². The van der Waals surface area contributed by atoms with E-state index in [9.17, 15) is 14.4 Å². The number of allylic oxidation sites excluding steroid dienone is 4. The summed E-state index contributed by atoms with van der Waals surface area (Å²) < 4.78 is 16.7. The molecule has 0 fully saturated rings. The van der Waals surface area contributed by atoms with Gasteiger partial charge in [-0.1, -0.05) is 251 Å². The summed E-state index contributed by atoms with van der Waals surface area (Å²) in [5.74, 6) is -0.981. The van der Waals surface area contributed by atoms with E-state index >= 15 is 0 Å². The quantitative estimate of drug-likeness (QED) is 0.0262. The van der Waals surface area contributed by atoms with Gasteiger partial charge in [0.1, 0.15) is 13.2 Å². The predicted molar refractivity (Wildman–Crippen MR) is 261 cm³/mol. The molecule has 0 aromatic carbocycles. The number of ether oxygens (including phenoxy) is 3. The van der Waals surface area contributed by atoms with Crippen molar-refractivity contribution >= 4 is 17.9 Å². The standard InChI is InChI=1S/C55H102O6/c1-4-7-10-13-16-19-22-25-27-30-33-36-39-42-45-48-54(57)60-51-52(50-59-53(56)47-44-41-38-35-32-29-24-21-18-15-12-9-6-3)61-55(58)49-46-43-40-37-34-31-28-26-23-20-17-14-11-8-5-2/h39-40,42-43,52H,4-38,41,44-51H2,1-3H3/b42-39-,43-40-. The highest BCUT2D eigenvalue weighted by molar-refractivity contribution is 5.71. The van der Waals surface area contributed by atoms with Crippen LogP contribution in [0.15, 0.2) is 24.3 Å². The zero-order valence-electron chi connectivity index (χ0n) is 40.9. The van der Waals surface area contributed by atoms with Crippen molar-refractivity contribution in [3.8, 4) is 0 Å². The van der Waals surface area contributed by atoms with E-state index in [0.29, 0.717) is 19.3 Å². The third-order valence-electron chi connectivity index (χ3n) is 12.0. The minimum Gasteiger partial charge on any atom is -0.462 e. The fourth-order valence-electron chi connectivity index (χ4n) is 7.89. The number of hydrogen-bond acceptors (Lipinski definition) is 6. The molecular weight excluding hydrogens is 757 g/mol. The molecule has 358 valence electrons. The SMILES string of the molecule is CCCCCCCCCCCCC/C=C\CCC(=O)OCC(COC(=O)CCCCCCCCCCCCCCC)OC(=O)CC/C=C\CCCCCCCCCCCCC. The van der Waals surface area contributed by atoms with Gasteiger partial charge < -0.3 is 14.2 Å². The van der Waals surface area contributed by atoms with Gasteiger partial charge in [0, 0.05) is 19.3 Å². The van der Waals surface area contributed by atoms with E-state index in [2.05, 4.69) is 45.1 Å². The van der Waals surface area contributed by atoms with Crippen molar-refractivity contribution < 1.29 is 28.6 Å². The molecule has 0 rings (SSSR count). The van der Waals surface area contributed by atoms with E-state index in [4.69, 9.17) is 14.2 Å². The maximum absolute atomic E-state index is 12.8. The highest BCUT2D eigenvalue weighted by Crippen LogP contribution is 2.16. The van der Waals surface area contributed by atoms with E-state index in [1.807, 2.05) is 0 Å². The van der Waals surface area contributed by atoms with E-state index < -0.39 is 6.10 Å². The van der Waals surface area contributed by atoms with Crippen molar-refractivity contribution in [3.63, 3.8) is 0 Å². The minimum atomic E-state index is -0.802. The molecule has 0 spiro atoms. The van der Waals surface area contributed by atoms with Crippen LogP contribution in [0, 0.1) is 0 Å².